The lowest BCUT2D eigenvalue weighted by Gasteiger charge is -2.44. The van der Waals surface area contributed by atoms with Gasteiger partial charge in [-0.1, -0.05) is 25.7 Å². The van der Waals surface area contributed by atoms with E-state index < -0.39 is 5.54 Å². The molecule has 3 fully saturated rings. The number of hydrogen-bond donors (Lipinski definition) is 1. The molecular formula is C23H33N5O3. The van der Waals surface area contributed by atoms with Crippen LogP contribution in [0.4, 0.5) is 0 Å². The van der Waals surface area contributed by atoms with Gasteiger partial charge < -0.3 is 19.7 Å². The molecule has 8 nitrogen and oxygen atoms in total. The van der Waals surface area contributed by atoms with Crippen LogP contribution in [0.2, 0.25) is 0 Å². The second-order valence-electron chi connectivity index (χ2n) is 9.91. The summed E-state index contributed by atoms with van der Waals surface area (Å²) in [7, 11) is 0. The van der Waals surface area contributed by atoms with Crippen molar-refractivity contribution in [3.63, 3.8) is 0 Å². The number of imidazole rings is 1. The van der Waals surface area contributed by atoms with Crippen LogP contribution in [0.1, 0.15) is 92.1 Å². The van der Waals surface area contributed by atoms with Crippen molar-refractivity contribution in [2.45, 2.75) is 95.3 Å². The summed E-state index contributed by atoms with van der Waals surface area (Å²) in [5.41, 5.74) is -0.361. The first kappa shape index (κ1) is 20.5. The van der Waals surface area contributed by atoms with E-state index in [-0.39, 0.29) is 35.5 Å². The molecule has 1 unspecified atom stereocenters. The Kier molecular flexibility index (Phi) is 5.26. The molecule has 2 aliphatic carbocycles. The first-order valence-electron chi connectivity index (χ1n) is 12.0. The summed E-state index contributed by atoms with van der Waals surface area (Å²) in [6.45, 7) is 3.64. The maximum atomic E-state index is 13.7. The number of fused-ring (bicyclic) bond motifs is 1. The Balaban J connectivity index is 1.44. The number of hydrogen-bond acceptors (Lipinski definition) is 4. The van der Waals surface area contributed by atoms with E-state index in [2.05, 4.69) is 10.3 Å². The number of nitrogens with zero attached hydrogens (tertiary/aromatic N) is 4. The Morgan fingerprint density at radius 2 is 1.71 bits per heavy atom. The van der Waals surface area contributed by atoms with Gasteiger partial charge in [-0.2, -0.15) is 0 Å². The zero-order valence-electron chi connectivity index (χ0n) is 18.4. The summed E-state index contributed by atoms with van der Waals surface area (Å²) < 4.78 is 1.74. The summed E-state index contributed by atoms with van der Waals surface area (Å²) in [4.78, 5) is 48.3. The number of amides is 3. The van der Waals surface area contributed by atoms with E-state index in [0.29, 0.717) is 25.3 Å². The largest absolute Gasteiger partial charge is 0.351 e. The molecule has 1 aromatic rings. The van der Waals surface area contributed by atoms with Crippen molar-refractivity contribution in [2.24, 2.45) is 0 Å². The highest BCUT2D eigenvalue weighted by molar-refractivity contribution is 6.07. The predicted molar refractivity (Wildman–Crippen MR) is 115 cm³/mol. The summed E-state index contributed by atoms with van der Waals surface area (Å²) in [6, 6.07) is 0.265. The molecule has 1 aromatic heterocycles. The fourth-order valence-electron chi connectivity index (χ4n) is 5.55. The van der Waals surface area contributed by atoms with Gasteiger partial charge in [0.2, 0.25) is 5.91 Å². The van der Waals surface area contributed by atoms with Crippen LogP contribution >= 0.6 is 0 Å². The normalized spacial score (nSPS) is 27.2. The van der Waals surface area contributed by atoms with Crippen LogP contribution in [0.5, 0.6) is 0 Å². The van der Waals surface area contributed by atoms with Gasteiger partial charge in [-0.25, -0.2) is 4.98 Å². The highest BCUT2D eigenvalue weighted by Crippen LogP contribution is 2.39. The molecule has 2 saturated carbocycles. The van der Waals surface area contributed by atoms with Gasteiger partial charge in [-0.15, -0.1) is 0 Å². The van der Waals surface area contributed by atoms with E-state index >= 15 is 0 Å². The van der Waals surface area contributed by atoms with Crippen LogP contribution in [-0.4, -0.2) is 67.8 Å². The van der Waals surface area contributed by atoms with E-state index in [1.807, 2.05) is 11.8 Å². The fraction of sp³-hybridized carbons (Fsp3) is 0.739. The first-order chi connectivity index (χ1) is 15.0. The quantitative estimate of drug-likeness (QED) is 0.799. The van der Waals surface area contributed by atoms with Gasteiger partial charge in [-0.05, 0) is 45.4 Å². The molecule has 1 atom stereocenters. The third-order valence-electron chi connectivity index (χ3n) is 7.46. The van der Waals surface area contributed by atoms with Crippen LogP contribution in [-0.2, 0) is 11.3 Å². The minimum absolute atomic E-state index is 0.0663. The molecule has 1 N–H and O–H groups in total. The topological polar surface area (TPSA) is 87.5 Å². The molecule has 168 valence electrons. The molecule has 31 heavy (non-hydrogen) atoms. The highest BCUT2D eigenvalue weighted by Gasteiger charge is 2.54. The Morgan fingerprint density at radius 1 is 1.03 bits per heavy atom. The average molecular weight is 428 g/mol. The SMILES string of the molecule is CC1(C(=O)NC2CCCC2)Cn2cnc(C(=O)N3CCCCCC3)c2C(=O)N1C1CC1. The van der Waals surface area contributed by atoms with Crippen LogP contribution in [0, 0.1) is 0 Å². The monoisotopic (exact) mass is 427 g/mol. The number of rotatable bonds is 4. The zero-order chi connectivity index (χ0) is 21.6. The van der Waals surface area contributed by atoms with Gasteiger partial charge in [0, 0.05) is 25.2 Å². The minimum Gasteiger partial charge on any atom is -0.351 e. The molecule has 8 heteroatoms. The average Bonchev–Trinajstić information content (AvgIpc) is 3.38. The lowest BCUT2D eigenvalue weighted by molar-refractivity contribution is -0.134. The van der Waals surface area contributed by atoms with Crippen molar-refractivity contribution in [2.75, 3.05) is 13.1 Å². The summed E-state index contributed by atoms with van der Waals surface area (Å²) in [5.74, 6) is -0.466. The van der Waals surface area contributed by atoms with E-state index in [4.69, 9.17) is 0 Å². The van der Waals surface area contributed by atoms with Gasteiger partial charge in [0.15, 0.2) is 5.69 Å². The van der Waals surface area contributed by atoms with E-state index in [1.54, 1.807) is 15.8 Å². The number of carbonyl (C=O) groups excluding carboxylic acids is 3. The molecule has 4 aliphatic rings. The van der Waals surface area contributed by atoms with Gasteiger partial charge in [0.25, 0.3) is 11.8 Å². The lowest BCUT2D eigenvalue weighted by Crippen LogP contribution is -2.65. The molecule has 3 amide bonds. The Labute approximate surface area is 183 Å². The number of aromatic nitrogens is 2. The van der Waals surface area contributed by atoms with Crippen molar-refractivity contribution in [1.82, 2.24) is 24.7 Å². The van der Waals surface area contributed by atoms with Crippen molar-refractivity contribution >= 4 is 17.7 Å². The van der Waals surface area contributed by atoms with Crippen molar-refractivity contribution in [3.8, 4) is 0 Å². The Hall–Kier alpha value is -2.38. The third kappa shape index (κ3) is 3.64. The molecular weight excluding hydrogens is 394 g/mol. The second kappa shape index (κ2) is 7.95. The second-order valence-corrected chi connectivity index (χ2v) is 9.91. The van der Waals surface area contributed by atoms with Gasteiger partial charge in [0.1, 0.15) is 11.2 Å². The van der Waals surface area contributed by atoms with Crippen LogP contribution in [0.25, 0.3) is 0 Å². The van der Waals surface area contributed by atoms with E-state index in [0.717, 1.165) is 64.2 Å². The molecule has 0 spiro atoms. The Morgan fingerprint density at radius 3 is 2.35 bits per heavy atom. The first-order valence-corrected chi connectivity index (χ1v) is 12.0. The number of nitrogens with one attached hydrogen (secondary N) is 1. The van der Waals surface area contributed by atoms with Crippen LogP contribution in [0.15, 0.2) is 6.33 Å². The van der Waals surface area contributed by atoms with Crippen molar-refractivity contribution < 1.29 is 14.4 Å². The zero-order valence-corrected chi connectivity index (χ0v) is 18.4. The van der Waals surface area contributed by atoms with Gasteiger partial charge >= 0.3 is 0 Å². The predicted octanol–water partition coefficient (Wildman–Crippen LogP) is 2.33. The lowest BCUT2D eigenvalue weighted by atomic mass is 9.93. The van der Waals surface area contributed by atoms with E-state index in [1.165, 1.54) is 0 Å². The molecule has 1 saturated heterocycles. The van der Waals surface area contributed by atoms with Gasteiger partial charge in [0.05, 0.1) is 12.9 Å². The van der Waals surface area contributed by atoms with E-state index in [9.17, 15) is 14.4 Å². The molecule has 5 rings (SSSR count). The minimum atomic E-state index is -0.961. The number of likely N-dealkylation sites (tertiary alicyclic amines) is 1. The van der Waals surface area contributed by atoms with Crippen LogP contribution < -0.4 is 5.32 Å². The molecule has 0 aromatic carbocycles. The highest BCUT2D eigenvalue weighted by atomic mass is 16.2. The summed E-state index contributed by atoms with van der Waals surface area (Å²) in [5, 5.41) is 3.20. The molecule has 2 aliphatic heterocycles. The molecule has 3 heterocycles. The standard InChI is InChI=1S/C23H33N5O3/c1-23(22(31)25-16-8-4-5-9-16)14-27-15-24-18(19(27)21(30)28(23)17-10-11-17)20(29)26-12-6-2-3-7-13-26/h15-17H,2-14H2,1H3,(H,25,31). The summed E-state index contributed by atoms with van der Waals surface area (Å²) in [6.07, 6.45) is 11.9. The fourth-order valence-corrected chi connectivity index (χ4v) is 5.55. The number of carbonyl (C=O) groups is 3. The maximum Gasteiger partial charge on any atom is 0.274 e. The summed E-state index contributed by atoms with van der Waals surface area (Å²) >= 11 is 0. The Bertz CT molecular complexity index is 878. The van der Waals surface area contributed by atoms with Crippen molar-refractivity contribution in [3.05, 3.63) is 17.7 Å². The van der Waals surface area contributed by atoms with Gasteiger partial charge in [-0.3, -0.25) is 14.4 Å². The smallest absolute Gasteiger partial charge is 0.274 e. The third-order valence-corrected chi connectivity index (χ3v) is 7.46. The molecule has 0 bridgehead atoms. The van der Waals surface area contributed by atoms with Crippen molar-refractivity contribution in [1.29, 1.82) is 0 Å². The maximum absolute atomic E-state index is 13.7. The molecule has 0 radical (unpaired) electrons. The van der Waals surface area contributed by atoms with Crippen LogP contribution in [0.3, 0.4) is 0 Å².